The summed E-state index contributed by atoms with van der Waals surface area (Å²) >= 11 is 0. The minimum absolute atomic E-state index is 0.304. The second-order valence-corrected chi connectivity index (χ2v) is 3.13. The lowest BCUT2D eigenvalue weighted by molar-refractivity contribution is 0.0950. The topological polar surface area (TPSA) is 70.7 Å². The fraction of sp³-hybridized carbons (Fsp3) is 0.100. The monoisotopic (exact) mass is 220 g/mol. The zero-order chi connectivity index (χ0) is 11.4. The van der Waals surface area contributed by atoms with E-state index in [1.807, 2.05) is 0 Å². The highest BCUT2D eigenvalue weighted by Crippen LogP contribution is 1.99. The molecule has 0 unspecified atom stereocenters. The molecule has 0 aliphatic heterocycles. The van der Waals surface area contributed by atoms with Gasteiger partial charge in [-0.2, -0.15) is 4.39 Å². The molecular weight excluding hydrogens is 211 g/mol. The van der Waals surface area contributed by atoms with Gasteiger partial charge in [-0.25, -0.2) is 9.97 Å². The second kappa shape index (κ2) is 4.52. The number of halogens is 1. The van der Waals surface area contributed by atoms with Crippen molar-refractivity contribution in [2.45, 2.75) is 6.54 Å². The molecular formula is C10H9FN4O. The number of pyridine rings is 1. The van der Waals surface area contributed by atoms with Crippen molar-refractivity contribution in [2.75, 3.05) is 0 Å². The third-order valence-electron chi connectivity index (χ3n) is 1.98. The molecule has 1 amide bonds. The third-order valence-corrected chi connectivity index (χ3v) is 1.98. The second-order valence-electron chi connectivity index (χ2n) is 3.13. The van der Waals surface area contributed by atoms with Gasteiger partial charge in [-0.15, -0.1) is 0 Å². The number of H-pyrrole nitrogens is 1. The molecule has 0 saturated carbocycles. The first-order valence-electron chi connectivity index (χ1n) is 4.63. The van der Waals surface area contributed by atoms with Crippen LogP contribution in [0, 0.1) is 5.95 Å². The van der Waals surface area contributed by atoms with Gasteiger partial charge < -0.3 is 10.3 Å². The first-order valence-corrected chi connectivity index (χ1v) is 4.63. The number of nitrogens with one attached hydrogen (secondary N) is 2. The quantitative estimate of drug-likeness (QED) is 0.754. The number of aromatic nitrogens is 3. The number of rotatable bonds is 3. The zero-order valence-electron chi connectivity index (χ0n) is 8.27. The molecule has 0 aliphatic rings. The molecule has 0 fully saturated rings. The van der Waals surface area contributed by atoms with Crippen LogP contribution in [0.2, 0.25) is 0 Å². The van der Waals surface area contributed by atoms with Crippen LogP contribution in [-0.4, -0.2) is 20.9 Å². The van der Waals surface area contributed by atoms with Crippen LogP contribution in [0.15, 0.2) is 30.9 Å². The standard InChI is InChI=1S/C10H9FN4O/c11-9-2-1-7(3-13-9)10(16)14-5-8-4-12-6-15-8/h1-4,6H,5H2,(H,12,15)(H,14,16). The third kappa shape index (κ3) is 2.41. The van der Waals surface area contributed by atoms with Crippen molar-refractivity contribution in [2.24, 2.45) is 0 Å². The Bertz CT molecular complexity index is 466. The molecule has 0 aromatic carbocycles. The maximum atomic E-state index is 12.5. The van der Waals surface area contributed by atoms with E-state index in [1.54, 1.807) is 6.20 Å². The van der Waals surface area contributed by atoms with Gasteiger partial charge in [0.1, 0.15) is 0 Å². The summed E-state index contributed by atoms with van der Waals surface area (Å²) in [6.45, 7) is 0.343. The van der Waals surface area contributed by atoms with Crippen molar-refractivity contribution in [3.8, 4) is 0 Å². The van der Waals surface area contributed by atoms with Crippen molar-refractivity contribution >= 4 is 5.91 Å². The van der Waals surface area contributed by atoms with Crippen molar-refractivity contribution in [3.05, 3.63) is 48.1 Å². The lowest BCUT2D eigenvalue weighted by atomic mass is 10.2. The highest BCUT2D eigenvalue weighted by Gasteiger charge is 2.05. The van der Waals surface area contributed by atoms with Gasteiger partial charge in [-0.05, 0) is 12.1 Å². The van der Waals surface area contributed by atoms with E-state index in [2.05, 4.69) is 20.3 Å². The molecule has 2 aromatic rings. The highest BCUT2D eigenvalue weighted by atomic mass is 19.1. The Morgan fingerprint density at radius 1 is 1.44 bits per heavy atom. The minimum Gasteiger partial charge on any atom is -0.347 e. The highest BCUT2D eigenvalue weighted by molar-refractivity contribution is 5.93. The molecule has 0 spiro atoms. The Hall–Kier alpha value is -2.24. The van der Waals surface area contributed by atoms with Crippen LogP contribution in [0.3, 0.4) is 0 Å². The Morgan fingerprint density at radius 3 is 2.94 bits per heavy atom. The normalized spacial score (nSPS) is 10.1. The van der Waals surface area contributed by atoms with Crippen LogP contribution in [-0.2, 0) is 6.54 Å². The summed E-state index contributed by atoms with van der Waals surface area (Å²) in [5.74, 6) is -0.910. The van der Waals surface area contributed by atoms with E-state index in [9.17, 15) is 9.18 Å². The maximum absolute atomic E-state index is 12.5. The first kappa shape index (κ1) is 10.3. The molecule has 16 heavy (non-hydrogen) atoms. The number of carbonyl (C=O) groups is 1. The average molecular weight is 220 g/mol. The molecule has 2 heterocycles. The summed E-state index contributed by atoms with van der Waals surface area (Å²) in [6.07, 6.45) is 4.34. The van der Waals surface area contributed by atoms with Crippen molar-refractivity contribution in [1.29, 1.82) is 0 Å². The molecule has 0 aliphatic carbocycles. The van der Waals surface area contributed by atoms with Gasteiger partial charge in [0.2, 0.25) is 5.95 Å². The summed E-state index contributed by atoms with van der Waals surface area (Å²) in [7, 11) is 0. The molecule has 2 aromatic heterocycles. The summed E-state index contributed by atoms with van der Waals surface area (Å²) in [4.78, 5) is 21.6. The lowest BCUT2D eigenvalue weighted by Gasteiger charge is -2.02. The van der Waals surface area contributed by atoms with Gasteiger partial charge >= 0.3 is 0 Å². The van der Waals surface area contributed by atoms with Gasteiger partial charge in [0.05, 0.1) is 24.1 Å². The van der Waals surface area contributed by atoms with Crippen LogP contribution in [0.25, 0.3) is 0 Å². The van der Waals surface area contributed by atoms with Crippen LogP contribution >= 0.6 is 0 Å². The SMILES string of the molecule is O=C(NCc1cnc[nH]1)c1ccc(F)nc1. The number of aromatic amines is 1. The van der Waals surface area contributed by atoms with Gasteiger partial charge in [-0.3, -0.25) is 4.79 Å². The van der Waals surface area contributed by atoms with Crippen molar-refractivity contribution in [1.82, 2.24) is 20.3 Å². The predicted octanol–water partition coefficient (Wildman–Crippen LogP) is 0.874. The van der Waals surface area contributed by atoms with E-state index < -0.39 is 5.95 Å². The van der Waals surface area contributed by atoms with E-state index in [1.165, 1.54) is 18.6 Å². The smallest absolute Gasteiger partial charge is 0.253 e. The Labute approximate surface area is 90.7 Å². The number of hydrogen-bond acceptors (Lipinski definition) is 3. The number of hydrogen-bond donors (Lipinski definition) is 2. The van der Waals surface area contributed by atoms with E-state index in [-0.39, 0.29) is 5.91 Å². The molecule has 2 N–H and O–H groups in total. The van der Waals surface area contributed by atoms with Gasteiger partial charge in [0.25, 0.3) is 5.91 Å². The fourth-order valence-electron chi connectivity index (χ4n) is 1.17. The van der Waals surface area contributed by atoms with Gasteiger partial charge in [0.15, 0.2) is 0 Å². The number of amides is 1. The Kier molecular flexibility index (Phi) is 2.90. The molecule has 82 valence electrons. The summed E-state index contributed by atoms with van der Waals surface area (Å²) < 4.78 is 12.5. The first-order chi connectivity index (χ1) is 7.75. The van der Waals surface area contributed by atoms with Gasteiger partial charge in [0, 0.05) is 12.4 Å². The van der Waals surface area contributed by atoms with Crippen molar-refractivity contribution in [3.63, 3.8) is 0 Å². The van der Waals surface area contributed by atoms with E-state index in [0.29, 0.717) is 12.1 Å². The summed E-state index contributed by atoms with van der Waals surface area (Å²) in [5.41, 5.74) is 1.12. The van der Waals surface area contributed by atoms with Crippen LogP contribution < -0.4 is 5.32 Å². The maximum Gasteiger partial charge on any atom is 0.253 e. The lowest BCUT2D eigenvalue weighted by Crippen LogP contribution is -2.23. The number of nitrogens with zero attached hydrogens (tertiary/aromatic N) is 2. The largest absolute Gasteiger partial charge is 0.347 e. The van der Waals surface area contributed by atoms with Crippen LogP contribution in [0.1, 0.15) is 16.1 Å². The molecule has 0 radical (unpaired) electrons. The zero-order valence-corrected chi connectivity index (χ0v) is 8.27. The van der Waals surface area contributed by atoms with Crippen LogP contribution in [0.5, 0.6) is 0 Å². The molecule has 0 bridgehead atoms. The molecule has 5 nitrogen and oxygen atoms in total. The molecule has 6 heteroatoms. The molecule has 0 atom stereocenters. The van der Waals surface area contributed by atoms with E-state index >= 15 is 0 Å². The fourth-order valence-corrected chi connectivity index (χ4v) is 1.17. The number of imidazole rings is 1. The van der Waals surface area contributed by atoms with Crippen molar-refractivity contribution < 1.29 is 9.18 Å². The Morgan fingerprint density at radius 2 is 2.31 bits per heavy atom. The minimum atomic E-state index is -0.606. The molecule has 2 rings (SSSR count). The predicted molar refractivity (Wildman–Crippen MR) is 54.0 cm³/mol. The van der Waals surface area contributed by atoms with E-state index in [4.69, 9.17) is 0 Å². The van der Waals surface area contributed by atoms with E-state index in [0.717, 1.165) is 11.8 Å². The summed E-state index contributed by atoms with van der Waals surface area (Å²) in [6, 6.07) is 2.52. The Balaban J connectivity index is 1.95. The van der Waals surface area contributed by atoms with Crippen LogP contribution in [0.4, 0.5) is 4.39 Å². The molecule has 0 saturated heterocycles. The average Bonchev–Trinajstić information content (AvgIpc) is 2.80. The number of carbonyl (C=O) groups excluding carboxylic acids is 1. The van der Waals surface area contributed by atoms with Gasteiger partial charge in [-0.1, -0.05) is 0 Å². The summed E-state index contributed by atoms with van der Waals surface area (Å²) in [5, 5.41) is 2.65.